The van der Waals surface area contributed by atoms with E-state index in [2.05, 4.69) is 16.8 Å². The van der Waals surface area contributed by atoms with Crippen molar-refractivity contribution in [2.75, 3.05) is 32.7 Å². The zero-order valence-corrected chi connectivity index (χ0v) is 12.1. The van der Waals surface area contributed by atoms with E-state index in [1.165, 1.54) is 0 Å². The van der Waals surface area contributed by atoms with Gasteiger partial charge in [-0.1, -0.05) is 6.08 Å². The molecule has 6 nitrogen and oxygen atoms in total. The van der Waals surface area contributed by atoms with Gasteiger partial charge in [0.2, 0.25) is 0 Å². The molecule has 2 amide bonds. The van der Waals surface area contributed by atoms with Crippen LogP contribution in [-0.4, -0.2) is 65.7 Å². The number of hydrogen-bond acceptors (Lipinski definition) is 3. The number of fused-ring (bicyclic) bond motifs is 1. The highest BCUT2D eigenvalue weighted by molar-refractivity contribution is 5.81. The minimum Gasteiger partial charge on any atom is -0.481 e. The fourth-order valence-corrected chi connectivity index (χ4v) is 3.29. The second-order valence-electron chi connectivity index (χ2n) is 6.13. The van der Waals surface area contributed by atoms with E-state index in [0.717, 1.165) is 0 Å². The van der Waals surface area contributed by atoms with E-state index in [9.17, 15) is 14.7 Å². The number of carbonyl (C=O) groups excluding carboxylic acids is 1. The molecule has 0 spiro atoms. The highest BCUT2D eigenvalue weighted by Crippen LogP contribution is 2.42. The Morgan fingerprint density at radius 3 is 2.65 bits per heavy atom. The highest BCUT2D eigenvalue weighted by atomic mass is 16.4. The van der Waals surface area contributed by atoms with Crippen LogP contribution in [0.2, 0.25) is 0 Å². The molecule has 2 N–H and O–H groups in total. The predicted octanol–water partition coefficient (Wildman–Crippen LogP) is 0.609. The molecule has 0 radical (unpaired) electrons. The standard InChI is InChI=1S/C14H23N3O3/c1-4-5-16-6-11-7-17(13(20)15-10(2)3)9-14(11,8-16)12(18)19/h4,10-11H,1,5-9H2,2-3H3,(H,15,20)(H,18,19)/t11-,14-/m1/s1. The van der Waals surface area contributed by atoms with Crippen LogP contribution in [-0.2, 0) is 4.79 Å². The van der Waals surface area contributed by atoms with Crippen molar-refractivity contribution in [1.29, 1.82) is 0 Å². The fourth-order valence-electron chi connectivity index (χ4n) is 3.29. The van der Waals surface area contributed by atoms with Crippen molar-refractivity contribution in [3.05, 3.63) is 12.7 Å². The first-order valence-electron chi connectivity index (χ1n) is 7.01. The zero-order chi connectivity index (χ0) is 14.9. The number of carbonyl (C=O) groups is 2. The molecule has 6 heteroatoms. The smallest absolute Gasteiger partial charge is 0.317 e. The molecule has 2 aliphatic heterocycles. The number of likely N-dealkylation sites (tertiary alicyclic amines) is 2. The Kier molecular flexibility index (Phi) is 4.04. The molecule has 2 fully saturated rings. The summed E-state index contributed by atoms with van der Waals surface area (Å²) in [6.07, 6.45) is 1.79. The van der Waals surface area contributed by atoms with Crippen LogP contribution in [0.4, 0.5) is 4.79 Å². The normalized spacial score (nSPS) is 29.6. The molecular formula is C14H23N3O3. The third-order valence-electron chi connectivity index (χ3n) is 4.19. The number of rotatable bonds is 4. The first kappa shape index (κ1) is 14.8. The van der Waals surface area contributed by atoms with E-state index in [1.54, 1.807) is 11.0 Å². The molecule has 0 saturated carbocycles. The van der Waals surface area contributed by atoms with E-state index in [4.69, 9.17) is 0 Å². The molecule has 2 atom stereocenters. The van der Waals surface area contributed by atoms with E-state index < -0.39 is 11.4 Å². The van der Waals surface area contributed by atoms with E-state index in [1.807, 2.05) is 13.8 Å². The topological polar surface area (TPSA) is 72.9 Å². The van der Waals surface area contributed by atoms with Gasteiger partial charge in [-0.05, 0) is 13.8 Å². The van der Waals surface area contributed by atoms with Gasteiger partial charge in [0.1, 0.15) is 5.41 Å². The molecule has 0 bridgehead atoms. The first-order chi connectivity index (χ1) is 9.39. The SMILES string of the molecule is C=CCN1C[C@@H]2CN(C(=O)NC(C)C)C[C@]2(C(=O)O)C1. The van der Waals surface area contributed by atoms with Gasteiger partial charge in [-0.2, -0.15) is 0 Å². The van der Waals surface area contributed by atoms with Gasteiger partial charge in [0, 0.05) is 44.7 Å². The average Bonchev–Trinajstić information content (AvgIpc) is 2.82. The Labute approximate surface area is 119 Å². The molecule has 20 heavy (non-hydrogen) atoms. The molecule has 2 rings (SSSR count). The van der Waals surface area contributed by atoms with E-state index >= 15 is 0 Å². The van der Waals surface area contributed by atoms with Crippen molar-refractivity contribution in [3.63, 3.8) is 0 Å². The lowest BCUT2D eigenvalue weighted by atomic mass is 9.81. The average molecular weight is 281 g/mol. The van der Waals surface area contributed by atoms with Crippen molar-refractivity contribution < 1.29 is 14.7 Å². The quantitative estimate of drug-likeness (QED) is 0.741. The number of amides is 2. The van der Waals surface area contributed by atoms with Crippen molar-refractivity contribution in [2.45, 2.75) is 19.9 Å². The third kappa shape index (κ3) is 2.52. The Morgan fingerprint density at radius 2 is 2.15 bits per heavy atom. The second-order valence-corrected chi connectivity index (χ2v) is 6.13. The Bertz CT molecular complexity index is 424. The van der Waals surface area contributed by atoms with Crippen LogP contribution < -0.4 is 5.32 Å². The molecule has 0 aliphatic carbocycles. The van der Waals surface area contributed by atoms with Crippen molar-refractivity contribution in [1.82, 2.24) is 15.1 Å². The summed E-state index contributed by atoms with van der Waals surface area (Å²) < 4.78 is 0. The number of nitrogens with zero attached hydrogens (tertiary/aromatic N) is 2. The lowest BCUT2D eigenvalue weighted by molar-refractivity contribution is -0.148. The number of carboxylic acids is 1. The summed E-state index contributed by atoms with van der Waals surface area (Å²) in [5, 5.41) is 12.5. The summed E-state index contributed by atoms with van der Waals surface area (Å²) in [4.78, 5) is 27.5. The van der Waals surface area contributed by atoms with Crippen LogP contribution >= 0.6 is 0 Å². The van der Waals surface area contributed by atoms with Gasteiger partial charge in [0.05, 0.1) is 0 Å². The molecular weight excluding hydrogens is 258 g/mol. The van der Waals surface area contributed by atoms with Gasteiger partial charge in [0.15, 0.2) is 0 Å². The summed E-state index contributed by atoms with van der Waals surface area (Å²) in [6.45, 7) is 10.2. The number of hydrogen-bond donors (Lipinski definition) is 2. The maximum atomic E-state index is 12.1. The summed E-state index contributed by atoms with van der Waals surface area (Å²) in [6, 6.07) is -0.105. The third-order valence-corrected chi connectivity index (χ3v) is 4.19. The Hall–Kier alpha value is -1.56. The predicted molar refractivity (Wildman–Crippen MR) is 75.4 cm³/mol. The molecule has 2 aliphatic rings. The van der Waals surface area contributed by atoms with Crippen LogP contribution in [0.5, 0.6) is 0 Å². The van der Waals surface area contributed by atoms with Crippen LogP contribution in [0.15, 0.2) is 12.7 Å². The van der Waals surface area contributed by atoms with Crippen LogP contribution in [0.25, 0.3) is 0 Å². The van der Waals surface area contributed by atoms with Crippen LogP contribution in [0.1, 0.15) is 13.8 Å². The molecule has 2 saturated heterocycles. The van der Waals surface area contributed by atoms with Gasteiger partial charge in [-0.15, -0.1) is 6.58 Å². The van der Waals surface area contributed by atoms with Gasteiger partial charge in [-0.25, -0.2) is 4.79 Å². The van der Waals surface area contributed by atoms with Crippen molar-refractivity contribution in [3.8, 4) is 0 Å². The number of nitrogens with one attached hydrogen (secondary N) is 1. The minimum absolute atomic E-state index is 0.00198. The molecule has 0 aromatic heterocycles. The number of aliphatic carboxylic acids is 1. The van der Waals surface area contributed by atoms with E-state index in [0.29, 0.717) is 32.7 Å². The number of urea groups is 1. The summed E-state index contributed by atoms with van der Waals surface area (Å²) in [5.41, 5.74) is -0.822. The molecule has 0 aromatic rings. The first-order valence-corrected chi connectivity index (χ1v) is 7.01. The van der Waals surface area contributed by atoms with E-state index in [-0.39, 0.29) is 18.0 Å². The lowest BCUT2D eigenvalue weighted by Crippen LogP contribution is -2.46. The van der Waals surface area contributed by atoms with Gasteiger partial charge in [-0.3, -0.25) is 9.69 Å². The largest absolute Gasteiger partial charge is 0.481 e. The fraction of sp³-hybridized carbons (Fsp3) is 0.714. The summed E-state index contributed by atoms with van der Waals surface area (Å²) >= 11 is 0. The van der Waals surface area contributed by atoms with Gasteiger partial charge in [0.25, 0.3) is 0 Å². The maximum absolute atomic E-state index is 12.1. The monoisotopic (exact) mass is 281 g/mol. The highest BCUT2D eigenvalue weighted by Gasteiger charge is 2.58. The minimum atomic E-state index is -0.822. The van der Waals surface area contributed by atoms with Gasteiger partial charge < -0.3 is 15.3 Å². The maximum Gasteiger partial charge on any atom is 0.317 e. The lowest BCUT2D eigenvalue weighted by Gasteiger charge is -2.25. The van der Waals surface area contributed by atoms with Crippen LogP contribution in [0.3, 0.4) is 0 Å². The van der Waals surface area contributed by atoms with Crippen molar-refractivity contribution >= 4 is 12.0 Å². The van der Waals surface area contributed by atoms with Crippen LogP contribution in [0, 0.1) is 11.3 Å². The Morgan fingerprint density at radius 1 is 1.45 bits per heavy atom. The number of carboxylic acid groups (broad SMARTS) is 1. The molecule has 2 heterocycles. The summed E-state index contributed by atoms with van der Waals surface area (Å²) in [5.74, 6) is -0.799. The van der Waals surface area contributed by atoms with Gasteiger partial charge >= 0.3 is 12.0 Å². The molecule has 112 valence electrons. The zero-order valence-electron chi connectivity index (χ0n) is 12.1. The molecule has 0 aromatic carbocycles. The van der Waals surface area contributed by atoms with Crippen molar-refractivity contribution in [2.24, 2.45) is 11.3 Å². The second kappa shape index (κ2) is 5.44. The summed E-state index contributed by atoms with van der Waals surface area (Å²) in [7, 11) is 0. The molecule has 0 unspecified atom stereocenters. The Balaban J connectivity index is 2.10.